The summed E-state index contributed by atoms with van der Waals surface area (Å²) < 4.78 is 10.7. The Kier molecular flexibility index (Phi) is 9.85. The van der Waals surface area contributed by atoms with Gasteiger partial charge in [-0.2, -0.15) is 0 Å². The molecule has 0 radical (unpaired) electrons. The molecule has 1 aliphatic rings. The smallest absolute Gasteiger partial charge is 0.348 e. The van der Waals surface area contributed by atoms with Crippen LogP contribution in [-0.2, 0) is 16.1 Å². The van der Waals surface area contributed by atoms with E-state index in [1.54, 1.807) is 6.07 Å². The molecule has 0 aliphatic carbocycles. The Bertz CT molecular complexity index is 841. The third kappa shape index (κ3) is 6.47. The fourth-order valence-electron chi connectivity index (χ4n) is 4.22. The van der Waals surface area contributed by atoms with E-state index in [9.17, 15) is 9.90 Å². The highest BCUT2D eigenvalue weighted by molar-refractivity contribution is 7.13. The SMILES string of the molecule is CCCCC[C@@H](CO)c1ccc(N2CCC(Cl)[C@@H]2COCc2ccc(C(=O)OC)s2)cc1. The molecular formula is C25H34ClNO4S. The van der Waals surface area contributed by atoms with E-state index >= 15 is 0 Å². The van der Waals surface area contributed by atoms with Gasteiger partial charge in [0.1, 0.15) is 4.88 Å². The summed E-state index contributed by atoms with van der Waals surface area (Å²) in [6, 6.07) is 12.3. The molecule has 5 nitrogen and oxygen atoms in total. The second-order valence-electron chi connectivity index (χ2n) is 8.30. The van der Waals surface area contributed by atoms with Gasteiger partial charge >= 0.3 is 5.97 Å². The Labute approximate surface area is 200 Å². The summed E-state index contributed by atoms with van der Waals surface area (Å²) >= 11 is 8.02. The topological polar surface area (TPSA) is 59.0 Å². The lowest BCUT2D eigenvalue weighted by Crippen LogP contribution is -2.37. The molecular weight excluding hydrogens is 446 g/mol. The van der Waals surface area contributed by atoms with E-state index in [0.717, 1.165) is 36.4 Å². The predicted octanol–water partition coefficient (Wildman–Crippen LogP) is 5.59. The standard InChI is InChI=1S/C25H34ClNO4S/c1-3-4-5-6-19(15-28)18-7-9-20(10-8-18)27-14-13-22(26)23(27)17-31-16-21-11-12-24(32-21)25(29)30-2/h7-12,19,22-23,28H,3-6,13-17H2,1-2H3/t19-,22?,23-/m0/s1. The van der Waals surface area contributed by atoms with Crippen molar-refractivity contribution in [1.82, 2.24) is 0 Å². The lowest BCUT2D eigenvalue weighted by molar-refractivity contribution is 0.0606. The quantitative estimate of drug-likeness (QED) is 0.244. The van der Waals surface area contributed by atoms with Crippen LogP contribution in [-0.4, -0.2) is 49.4 Å². The van der Waals surface area contributed by atoms with Gasteiger partial charge in [-0.15, -0.1) is 22.9 Å². The predicted molar refractivity (Wildman–Crippen MR) is 131 cm³/mol. The summed E-state index contributed by atoms with van der Waals surface area (Å²) in [5, 5.41) is 9.83. The number of hydrogen-bond acceptors (Lipinski definition) is 6. The van der Waals surface area contributed by atoms with E-state index in [4.69, 9.17) is 21.1 Å². The van der Waals surface area contributed by atoms with Crippen LogP contribution >= 0.6 is 22.9 Å². The van der Waals surface area contributed by atoms with Crippen LogP contribution in [0.25, 0.3) is 0 Å². The summed E-state index contributed by atoms with van der Waals surface area (Å²) in [6.07, 6.45) is 5.48. The number of alkyl halides is 1. The number of benzene rings is 1. The van der Waals surface area contributed by atoms with Crippen LogP contribution < -0.4 is 4.90 Å². The number of methoxy groups -OCH3 is 1. The first kappa shape index (κ1) is 25.0. The largest absolute Gasteiger partial charge is 0.465 e. The van der Waals surface area contributed by atoms with Crippen molar-refractivity contribution in [3.63, 3.8) is 0 Å². The number of nitrogens with zero attached hydrogens (tertiary/aromatic N) is 1. The average Bonchev–Trinajstić information content (AvgIpc) is 3.44. The number of esters is 1. The van der Waals surface area contributed by atoms with Gasteiger partial charge in [0.05, 0.1) is 31.7 Å². The molecule has 7 heteroatoms. The zero-order chi connectivity index (χ0) is 22.9. The molecule has 176 valence electrons. The van der Waals surface area contributed by atoms with Crippen molar-refractivity contribution in [1.29, 1.82) is 0 Å². The molecule has 0 amide bonds. The number of rotatable bonds is 12. The number of aliphatic hydroxyl groups excluding tert-OH is 1. The number of carbonyl (C=O) groups is 1. The molecule has 1 aromatic heterocycles. The minimum absolute atomic E-state index is 0.0304. The Balaban J connectivity index is 1.57. The molecule has 1 fully saturated rings. The highest BCUT2D eigenvalue weighted by Crippen LogP contribution is 2.31. The summed E-state index contributed by atoms with van der Waals surface area (Å²) in [4.78, 5) is 15.5. The summed E-state index contributed by atoms with van der Waals surface area (Å²) in [5.41, 5.74) is 2.33. The van der Waals surface area contributed by atoms with Gasteiger partial charge in [0.2, 0.25) is 0 Å². The minimum Gasteiger partial charge on any atom is -0.465 e. The van der Waals surface area contributed by atoms with Crippen molar-refractivity contribution in [3.05, 3.63) is 51.7 Å². The third-order valence-corrected chi connectivity index (χ3v) is 7.67. The van der Waals surface area contributed by atoms with Gasteiger partial charge < -0.3 is 19.5 Å². The summed E-state index contributed by atoms with van der Waals surface area (Å²) in [6.45, 7) is 4.26. The summed E-state index contributed by atoms with van der Waals surface area (Å²) in [5.74, 6) is -0.115. The van der Waals surface area contributed by atoms with Crippen LogP contribution in [0.15, 0.2) is 36.4 Å². The Morgan fingerprint density at radius 1 is 1.25 bits per heavy atom. The number of aliphatic hydroxyl groups is 1. The number of anilines is 1. The van der Waals surface area contributed by atoms with Crippen molar-refractivity contribution in [3.8, 4) is 0 Å². The maximum atomic E-state index is 11.6. The molecule has 3 atom stereocenters. The molecule has 32 heavy (non-hydrogen) atoms. The van der Waals surface area contributed by atoms with Gasteiger partial charge in [0, 0.05) is 29.6 Å². The zero-order valence-electron chi connectivity index (χ0n) is 19.0. The van der Waals surface area contributed by atoms with E-state index in [1.807, 2.05) is 6.07 Å². The average molecular weight is 480 g/mol. The van der Waals surface area contributed by atoms with E-state index in [0.29, 0.717) is 18.1 Å². The molecule has 2 aromatic rings. The molecule has 1 aliphatic heterocycles. The fourth-order valence-corrected chi connectivity index (χ4v) is 5.39. The third-order valence-electron chi connectivity index (χ3n) is 6.12. The van der Waals surface area contributed by atoms with Crippen LogP contribution in [0.1, 0.15) is 65.1 Å². The molecule has 1 unspecified atom stereocenters. The normalized spacial score (nSPS) is 19.3. The van der Waals surface area contributed by atoms with Crippen LogP contribution in [0.2, 0.25) is 0 Å². The zero-order valence-corrected chi connectivity index (χ0v) is 20.5. The molecule has 3 rings (SSSR count). The Morgan fingerprint density at radius 3 is 2.72 bits per heavy atom. The monoisotopic (exact) mass is 479 g/mol. The van der Waals surface area contributed by atoms with E-state index in [-0.39, 0.29) is 29.9 Å². The fraction of sp³-hybridized carbons (Fsp3) is 0.560. The maximum Gasteiger partial charge on any atom is 0.348 e. The number of carbonyl (C=O) groups excluding carboxylic acids is 1. The molecule has 1 saturated heterocycles. The number of ether oxygens (including phenoxy) is 2. The lowest BCUT2D eigenvalue weighted by Gasteiger charge is -2.28. The van der Waals surface area contributed by atoms with Crippen molar-refractivity contribution < 1.29 is 19.4 Å². The van der Waals surface area contributed by atoms with Crippen LogP contribution in [0, 0.1) is 0 Å². The first-order valence-electron chi connectivity index (χ1n) is 11.4. The molecule has 2 heterocycles. The van der Waals surface area contributed by atoms with Crippen molar-refractivity contribution in [2.45, 2.75) is 63.0 Å². The second kappa shape index (κ2) is 12.6. The Hall–Kier alpha value is -1.60. The molecule has 1 aromatic carbocycles. The van der Waals surface area contributed by atoms with Gasteiger partial charge in [-0.3, -0.25) is 0 Å². The highest BCUT2D eigenvalue weighted by atomic mass is 35.5. The molecule has 0 spiro atoms. The van der Waals surface area contributed by atoms with Gasteiger partial charge in [0.15, 0.2) is 0 Å². The first-order valence-corrected chi connectivity index (χ1v) is 12.7. The van der Waals surface area contributed by atoms with Crippen molar-refractivity contribution in [2.75, 3.05) is 31.8 Å². The van der Waals surface area contributed by atoms with E-state index < -0.39 is 0 Å². The summed E-state index contributed by atoms with van der Waals surface area (Å²) in [7, 11) is 1.39. The number of unbranched alkanes of at least 4 members (excludes halogenated alkanes) is 2. The lowest BCUT2D eigenvalue weighted by atomic mass is 9.93. The second-order valence-corrected chi connectivity index (χ2v) is 10.0. The van der Waals surface area contributed by atoms with Gasteiger partial charge in [-0.25, -0.2) is 4.79 Å². The number of hydrogen-bond donors (Lipinski definition) is 1. The first-order chi connectivity index (χ1) is 15.6. The van der Waals surface area contributed by atoms with Gasteiger partial charge in [0.25, 0.3) is 0 Å². The van der Waals surface area contributed by atoms with Crippen molar-refractivity contribution >= 4 is 34.6 Å². The van der Waals surface area contributed by atoms with Gasteiger partial charge in [-0.1, -0.05) is 38.3 Å². The molecule has 1 N–H and O–H groups in total. The van der Waals surface area contributed by atoms with E-state index in [1.165, 1.54) is 36.9 Å². The van der Waals surface area contributed by atoms with Crippen LogP contribution in [0.3, 0.4) is 0 Å². The molecule has 0 bridgehead atoms. The maximum absolute atomic E-state index is 11.6. The number of halogens is 1. The minimum atomic E-state index is -0.318. The molecule has 0 saturated carbocycles. The van der Waals surface area contributed by atoms with Gasteiger partial charge in [-0.05, 0) is 42.7 Å². The number of thiophene rings is 1. The van der Waals surface area contributed by atoms with Crippen molar-refractivity contribution in [2.24, 2.45) is 0 Å². The van der Waals surface area contributed by atoms with Crippen LogP contribution in [0.4, 0.5) is 5.69 Å². The van der Waals surface area contributed by atoms with E-state index in [2.05, 4.69) is 36.1 Å². The highest BCUT2D eigenvalue weighted by Gasteiger charge is 2.33. The Morgan fingerprint density at radius 2 is 2.03 bits per heavy atom. The van der Waals surface area contributed by atoms with Crippen LogP contribution in [0.5, 0.6) is 0 Å².